The topological polar surface area (TPSA) is 35.2 Å². The van der Waals surface area contributed by atoms with Gasteiger partial charge in [0.05, 0.1) is 6.54 Å². The third-order valence-electron chi connectivity index (χ3n) is 2.11. The van der Waals surface area contributed by atoms with Gasteiger partial charge >= 0.3 is 0 Å². The molecule has 1 aromatic carbocycles. The zero-order valence-corrected chi connectivity index (χ0v) is 10.2. The van der Waals surface area contributed by atoms with Gasteiger partial charge in [0.25, 0.3) is 0 Å². The van der Waals surface area contributed by atoms with Crippen LogP contribution in [0.4, 0.5) is 0 Å². The van der Waals surface area contributed by atoms with Gasteiger partial charge in [-0.15, -0.1) is 11.3 Å². The second kappa shape index (κ2) is 6.09. The first-order chi connectivity index (χ1) is 8.38. The molecular weight excluding hydrogens is 230 g/mol. The third kappa shape index (κ3) is 3.63. The number of benzene rings is 1. The van der Waals surface area contributed by atoms with E-state index in [1.165, 1.54) is 0 Å². The SMILES string of the molecule is NCC#Cc1csc(COc2ccccc2)c1. The van der Waals surface area contributed by atoms with Crippen LogP contribution in [0.5, 0.6) is 5.75 Å². The summed E-state index contributed by atoms with van der Waals surface area (Å²) in [7, 11) is 0. The molecule has 0 radical (unpaired) electrons. The Hall–Kier alpha value is -1.76. The zero-order chi connectivity index (χ0) is 11.9. The van der Waals surface area contributed by atoms with Crippen molar-refractivity contribution in [1.29, 1.82) is 0 Å². The molecule has 0 aliphatic rings. The minimum Gasteiger partial charge on any atom is -0.488 e. The van der Waals surface area contributed by atoms with Crippen LogP contribution in [0, 0.1) is 11.8 Å². The van der Waals surface area contributed by atoms with E-state index >= 15 is 0 Å². The summed E-state index contributed by atoms with van der Waals surface area (Å²) in [6.45, 7) is 0.977. The average Bonchev–Trinajstić information content (AvgIpc) is 2.83. The lowest BCUT2D eigenvalue weighted by molar-refractivity contribution is 0.310. The highest BCUT2D eigenvalue weighted by Gasteiger charge is 1.99. The number of nitrogens with two attached hydrogens (primary N) is 1. The highest BCUT2D eigenvalue weighted by molar-refractivity contribution is 7.10. The maximum atomic E-state index is 5.65. The zero-order valence-electron chi connectivity index (χ0n) is 9.35. The van der Waals surface area contributed by atoms with Crippen LogP contribution < -0.4 is 10.5 Å². The molecule has 86 valence electrons. The van der Waals surface area contributed by atoms with Crippen molar-refractivity contribution in [3.63, 3.8) is 0 Å². The van der Waals surface area contributed by atoms with Gasteiger partial charge in [-0.3, -0.25) is 0 Å². The van der Waals surface area contributed by atoms with Gasteiger partial charge in [-0.05, 0) is 18.2 Å². The van der Waals surface area contributed by atoms with E-state index in [1.54, 1.807) is 11.3 Å². The van der Waals surface area contributed by atoms with Crippen LogP contribution in [0.3, 0.4) is 0 Å². The quantitative estimate of drug-likeness (QED) is 0.841. The van der Waals surface area contributed by atoms with Crippen LogP contribution >= 0.6 is 11.3 Å². The third-order valence-corrected chi connectivity index (χ3v) is 3.02. The molecule has 0 aliphatic carbocycles. The smallest absolute Gasteiger partial charge is 0.122 e. The summed E-state index contributed by atoms with van der Waals surface area (Å²) in [6.07, 6.45) is 0. The number of thiophene rings is 1. The Balaban J connectivity index is 1.94. The largest absolute Gasteiger partial charge is 0.488 e. The predicted octanol–water partition coefficient (Wildman–Crippen LogP) is 2.64. The molecule has 1 aromatic heterocycles. The van der Waals surface area contributed by atoms with Crippen molar-refractivity contribution in [2.24, 2.45) is 5.73 Å². The van der Waals surface area contributed by atoms with Crippen LogP contribution in [0.2, 0.25) is 0 Å². The molecular formula is C14H13NOS. The number of rotatable bonds is 3. The summed E-state index contributed by atoms with van der Waals surface area (Å²) in [5.74, 6) is 6.72. The highest BCUT2D eigenvalue weighted by Crippen LogP contribution is 2.17. The average molecular weight is 243 g/mol. The Labute approximate surface area is 105 Å². The van der Waals surface area contributed by atoms with E-state index in [0.717, 1.165) is 16.2 Å². The number of ether oxygens (including phenoxy) is 1. The molecule has 0 amide bonds. The molecule has 0 aliphatic heterocycles. The Morgan fingerprint density at radius 3 is 2.82 bits per heavy atom. The molecule has 2 nitrogen and oxygen atoms in total. The van der Waals surface area contributed by atoms with Crippen LogP contribution in [-0.4, -0.2) is 6.54 Å². The summed E-state index contributed by atoms with van der Waals surface area (Å²) < 4.78 is 5.65. The van der Waals surface area contributed by atoms with Gasteiger partial charge in [0, 0.05) is 15.8 Å². The molecule has 0 fully saturated rings. The Morgan fingerprint density at radius 1 is 1.24 bits per heavy atom. The van der Waals surface area contributed by atoms with E-state index in [-0.39, 0.29) is 0 Å². The molecule has 0 saturated carbocycles. The second-order valence-corrected chi connectivity index (χ2v) is 4.41. The Bertz CT molecular complexity index is 522. The van der Waals surface area contributed by atoms with Crippen molar-refractivity contribution in [1.82, 2.24) is 0 Å². The summed E-state index contributed by atoms with van der Waals surface area (Å²) in [5.41, 5.74) is 6.33. The van der Waals surface area contributed by atoms with Gasteiger partial charge in [0.2, 0.25) is 0 Å². The van der Waals surface area contributed by atoms with Crippen LogP contribution in [0.15, 0.2) is 41.8 Å². The highest BCUT2D eigenvalue weighted by atomic mass is 32.1. The lowest BCUT2D eigenvalue weighted by Crippen LogP contribution is -1.93. The van der Waals surface area contributed by atoms with Crippen molar-refractivity contribution in [2.75, 3.05) is 6.54 Å². The molecule has 3 heteroatoms. The van der Waals surface area contributed by atoms with Crippen molar-refractivity contribution in [3.8, 4) is 17.6 Å². The normalized spacial score (nSPS) is 9.47. The minimum atomic E-state index is 0.395. The van der Waals surface area contributed by atoms with Crippen molar-refractivity contribution in [3.05, 3.63) is 52.2 Å². The first kappa shape index (κ1) is 11.7. The standard InChI is InChI=1S/C14H13NOS/c15-8-4-5-12-9-14(17-11-12)10-16-13-6-2-1-3-7-13/h1-3,6-7,9,11H,8,10,15H2. The monoisotopic (exact) mass is 243 g/mol. The number of hydrogen-bond acceptors (Lipinski definition) is 3. The van der Waals surface area contributed by atoms with Crippen molar-refractivity contribution in [2.45, 2.75) is 6.61 Å². The maximum absolute atomic E-state index is 5.65. The lowest BCUT2D eigenvalue weighted by atomic mass is 10.3. The molecule has 0 unspecified atom stereocenters. The van der Waals surface area contributed by atoms with Gasteiger partial charge in [0.1, 0.15) is 12.4 Å². The van der Waals surface area contributed by atoms with Gasteiger partial charge < -0.3 is 10.5 Å². The molecule has 2 N–H and O–H groups in total. The van der Waals surface area contributed by atoms with E-state index in [0.29, 0.717) is 13.2 Å². The maximum Gasteiger partial charge on any atom is 0.122 e. The Kier molecular flexibility index (Phi) is 4.20. The summed E-state index contributed by atoms with van der Waals surface area (Å²) in [6, 6.07) is 11.8. The summed E-state index contributed by atoms with van der Waals surface area (Å²) >= 11 is 1.65. The predicted molar refractivity (Wildman–Crippen MR) is 71.0 cm³/mol. The molecule has 1 heterocycles. The fourth-order valence-corrected chi connectivity index (χ4v) is 2.07. The van der Waals surface area contributed by atoms with E-state index in [9.17, 15) is 0 Å². The fourth-order valence-electron chi connectivity index (χ4n) is 1.35. The Morgan fingerprint density at radius 2 is 2.06 bits per heavy atom. The minimum absolute atomic E-state index is 0.395. The van der Waals surface area contributed by atoms with Crippen LogP contribution in [0.25, 0.3) is 0 Å². The second-order valence-electron chi connectivity index (χ2n) is 3.41. The van der Waals surface area contributed by atoms with Gasteiger partial charge in [0.15, 0.2) is 0 Å². The van der Waals surface area contributed by atoms with Crippen molar-refractivity contribution >= 4 is 11.3 Å². The van der Waals surface area contributed by atoms with Crippen LogP contribution in [0.1, 0.15) is 10.4 Å². The van der Waals surface area contributed by atoms with Gasteiger partial charge in [-0.1, -0.05) is 30.0 Å². The fraction of sp³-hybridized carbons (Fsp3) is 0.143. The van der Waals surface area contributed by atoms with Gasteiger partial charge in [-0.2, -0.15) is 0 Å². The molecule has 2 rings (SSSR count). The number of hydrogen-bond donors (Lipinski definition) is 1. The first-order valence-electron chi connectivity index (χ1n) is 5.32. The van der Waals surface area contributed by atoms with Gasteiger partial charge in [-0.25, -0.2) is 0 Å². The van der Waals surface area contributed by atoms with Crippen molar-refractivity contribution < 1.29 is 4.74 Å². The van der Waals surface area contributed by atoms with E-state index in [1.807, 2.05) is 41.8 Å². The molecule has 17 heavy (non-hydrogen) atoms. The molecule has 0 bridgehead atoms. The molecule has 0 spiro atoms. The lowest BCUT2D eigenvalue weighted by Gasteiger charge is -2.02. The number of para-hydroxylation sites is 1. The van der Waals surface area contributed by atoms with Crippen LogP contribution in [-0.2, 0) is 6.61 Å². The van der Waals surface area contributed by atoms with E-state index in [4.69, 9.17) is 10.5 Å². The molecule has 2 aromatic rings. The summed E-state index contributed by atoms with van der Waals surface area (Å²) in [5, 5.41) is 2.02. The first-order valence-corrected chi connectivity index (χ1v) is 6.20. The molecule has 0 saturated heterocycles. The molecule has 0 atom stereocenters. The van der Waals surface area contributed by atoms with E-state index < -0.39 is 0 Å². The van der Waals surface area contributed by atoms with E-state index in [2.05, 4.69) is 11.8 Å². The summed E-state index contributed by atoms with van der Waals surface area (Å²) in [4.78, 5) is 1.16.